The van der Waals surface area contributed by atoms with Gasteiger partial charge in [-0.1, -0.05) is 63.5 Å². The van der Waals surface area contributed by atoms with Crippen LogP contribution in [0.25, 0.3) is 0 Å². The van der Waals surface area contributed by atoms with E-state index in [9.17, 15) is 63.4 Å². The first-order chi connectivity index (χ1) is 29.2. The van der Waals surface area contributed by atoms with Gasteiger partial charge in [0.1, 0.15) is 30.2 Å². The summed E-state index contributed by atoms with van der Waals surface area (Å²) in [5.74, 6) is -11.2. The van der Waals surface area contributed by atoms with Crippen molar-refractivity contribution in [3.8, 4) is 0 Å². The number of rotatable bonds is 27. The van der Waals surface area contributed by atoms with Crippen LogP contribution in [0.4, 0.5) is 0 Å². The summed E-state index contributed by atoms with van der Waals surface area (Å²) in [6, 6.07) is -0.352. The van der Waals surface area contributed by atoms with Gasteiger partial charge in [-0.2, -0.15) is 0 Å². The minimum atomic E-state index is -1.92. The van der Waals surface area contributed by atoms with Crippen molar-refractivity contribution in [2.75, 3.05) is 0 Å². The Kier molecular flexibility index (Phi) is 22.4. The summed E-state index contributed by atoms with van der Waals surface area (Å²) in [4.78, 5) is 116. The Morgan fingerprint density at radius 1 is 0.694 bits per heavy atom. The Morgan fingerprint density at radius 3 is 1.82 bits per heavy atom. The van der Waals surface area contributed by atoms with Gasteiger partial charge in [0, 0.05) is 19.3 Å². The van der Waals surface area contributed by atoms with Gasteiger partial charge >= 0.3 is 25.0 Å². The van der Waals surface area contributed by atoms with Crippen molar-refractivity contribution in [2.45, 2.75) is 140 Å². The van der Waals surface area contributed by atoms with Crippen LogP contribution in [0.15, 0.2) is 36.9 Å². The minimum Gasteiger partial charge on any atom is -0.481 e. The zero-order chi connectivity index (χ0) is 46.5. The van der Waals surface area contributed by atoms with Crippen molar-refractivity contribution in [1.82, 2.24) is 31.9 Å². The highest BCUT2D eigenvalue weighted by Crippen LogP contribution is 2.27. The molecule has 1 aromatic carbocycles. The molecule has 0 bridgehead atoms. The number of carboxylic acid groups (broad SMARTS) is 3. The van der Waals surface area contributed by atoms with Gasteiger partial charge < -0.3 is 57.3 Å². The molecule has 0 aromatic heterocycles. The number of benzene rings is 1. The van der Waals surface area contributed by atoms with Crippen LogP contribution in [0.3, 0.4) is 0 Å². The molecule has 1 aliphatic carbocycles. The molecule has 6 amide bonds. The summed E-state index contributed by atoms with van der Waals surface area (Å²) in [5.41, 5.74) is 1.34. The second-order valence-corrected chi connectivity index (χ2v) is 15.9. The molecular formula is C41H61BN6O14. The fourth-order valence-corrected chi connectivity index (χ4v) is 7.02. The van der Waals surface area contributed by atoms with Crippen LogP contribution in [0, 0.1) is 18.8 Å². The maximum absolute atomic E-state index is 14.4. The third kappa shape index (κ3) is 18.8. The fraction of sp³-hybridized carbons (Fsp3) is 0.585. The van der Waals surface area contributed by atoms with Gasteiger partial charge in [0.2, 0.25) is 35.4 Å². The van der Waals surface area contributed by atoms with Gasteiger partial charge in [-0.25, -0.2) is 0 Å². The molecule has 1 saturated carbocycles. The largest absolute Gasteiger partial charge is 0.481 e. The fourth-order valence-electron chi connectivity index (χ4n) is 7.02. The lowest BCUT2D eigenvalue weighted by atomic mass is 9.77. The van der Waals surface area contributed by atoms with E-state index >= 15 is 0 Å². The van der Waals surface area contributed by atoms with Crippen molar-refractivity contribution < 1.29 is 68.5 Å². The first kappa shape index (κ1) is 52.3. The number of carbonyl (C=O) groups is 9. The molecule has 1 aromatic rings. The van der Waals surface area contributed by atoms with Crippen LogP contribution < -0.4 is 31.9 Å². The third-order valence-corrected chi connectivity index (χ3v) is 10.3. The first-order valence-electron chi connectivity index (χ1n) is 20.7. The maximum Gasteiger partial charge on any atom is 0.475 e. The summed E-state index contributed by atoms with van der Waals surface area (Å²) >= 11 is 0. The van der Waals surface area contributed by atoms with E-state index in [4.69, 9.17) is 5.11 Å². The molecule has 0 spiro atoms. The Morgan fingerprint density at radius 2 is 1.26 bits per heavy atom. The van der Waals surface area contributed by atoms with E-state index < -0.39 is 135 Å². The summed E-state index contributed by atoms with van der Waals surface area (Å²) in [6.45, 7) is 8.99. The SMILES string of the molecule is C=CCC(NC(=O)[C@H](CC(C)C)NC(=O)[C@@H](NC(=O)[C@H](Cc1ccccc1C)NC(=O)[C@H](CCC(=O)O)NC(=O)[C@H](CC(=O)O)NC(=O)CCC(=O)O)C1CCCCC1)B(O)O. The third-order valence-electron chi connectivity index (χ3n) is 10.3. The van der Waals surface area contributed by atoms with Crippen molar-refractivity contribution >= 4 is 60.5 Å². The molecule has 342 valence electrons. The van der Waals surface area contributed by atoms with E-state index in [1.807, 2.05) is 13.8 Å². The summed E-state index contributed by atoms with van der Waals surface area (Å²) in [7, 11) is -1.92. The quantitative estimate of drug-likeness (QED) is 0.0405. The van der Waals surface area contributed by atoms with Crippen LogP contribution in [0.5, 0.6) is 0 Å². The number of hydrogen-bond donors (Lipinski definition) is 11. The van der Waals surface area contributed by atoms with E-state index in [0.29, 0.717) is 18.4 Å². The molecule has 1 aliphatic rings. The van der Waals surface area contributed by atoms with Crippen molar-refractivity contribution in [1.29, 1.82) is 0 Å². The molecular weight excluding hydrogens is 811 g/mol. The molecule has 1 fully saturated rings. The lowest BCUT2D eigenvalue weighted by Gasteiger charge is -2.33. The minimum absolute atomic E-state index is 0.0232. The van der Waals surface area contributed by atoms with Crippen LogP contribution in [0.2, 0.25) is 0 Å². The average molecular weight is 873 g/mol. The monoisotopic (exact) mass is 872 g/mol. The highest BCUT2D eigenvalue weighted by molar-refractivity contribution is 6.43. The van der Waals surface area contributed by atoms with Gasteiger partial charge in [0.15, 0.2) is 0 Å². The maximum atomic E-state index is 14.4. The molecule has 0 saturated heterocycles. The molecule has 11 N–H and O–H groups in total. The highest BCUT2D eigenvalue weighted by atomic mass is 16.4. The molecule has 6 atom stereocenters. The van der Waals surface area contributed by atoms with Gasteiger partial charge in [-0.3, -0.25) is 43.2 Å². The second-order valence-electron chi connectivity index (χ2n) is 15.9. The standard InChI is InChI=1S/C41H61BN6O14/c1-5-11-31(42(61)62)47-39(58)28(20-23(2)3)46-41(60)36(25-13-7-6-8-14-25)48-40(59)29(21-26-15-10-9-12-24(26)4)45-37(56)27(16-18-33(50)51)44-38(57)30(22-35(54)55)43-32(49)17-19-34(52)53/h5,9-10,12,15,23,25,27-31,36,61-62H,1,6-8,11,13-14,16-22H2,2-4H3,(H,43,49)(H,44,57)(H,45,56)(H,46,60)(H,47,58)(H,48,59)(H,50,51)(H,52,53)(H,54,55)/t27-,28-,29-,30-,31?,36-/m0/s1. The van der Waals surface area contributed by atoms with E-state index in [1.54, 1.807) is 31.2 Å². The van der Waals surface area contributed by atoms with Crippen molar-refractivity contribution in [2.24, 2.45) is 11.8 Å². The Hall–Kier alpha value is -5.83. The van der Waals surface area contributed by atoms with Crippen molar-refractivity contribution in [3.05, 3.63) is 48.0 Å². The van der Waals surface area contributed by atoms with Gasteiger partial charge in [-0.15, -0.1) is 6.58 Å². The van der Waals surface area contributed by atoms with E-state index in [-0.39, 0.29) is 25.2 Å². The Labute approximate surface area is 360 Å². The summed E-state index contributed by atoms with van der Waals surface area (Å²) in [5, 5.41) is 62.5. The van der Waals surface area contributed by atoms with Gasteiger partial charge in [0.05, 0.1) is 18.8 Å². The van der Waals surface area contributed by atoms with Crippen LogP contribution in [0.1, 0.15) is 102 Å². The zero-order valence-corrected chi connectivity index (χ0v) is 35.4. The topological polar surface area (TPSA) is 327 Å². The predicted molar refractivity (Wildman–Crippen MR) is 223 cm³/mol. The molecule has 1 unspecified atom stereocenters. The molecule has 62 heavy (non-hydrogen) atoms. The second kappa shape index (κ2) is 26.5. The van der Waals surface area contributed by atoms with E-state index in [1.165, 1.54) is 6.08 Å². The van der Waals surface area contributed by atoms with E-state index in [2.05, 4.69) is 38.5 Å². The number of aliphatic carboxylic acids is 3. The molecule has 0 aliphatic heterocycles. The molecule has 2 rings (SSSR count). The summed E-state index contributed by atoms with van der Waals surface area (Å²) in [6.07, 6.45) is 1.51. The van der Waals surface area contributed by atoms with Gasteiger partial charge in [-0.05, 0) is 62.0 Å². The lowest BCUT2D eigenvalue weighted by Crippen LogP contribution is -2.61. The molecule has 20 nitrogen and oxygen atoms in total. The lowest BCUT2D eigenvalue weighted by molar-refractivity contribution is -0.142. The number of nitrogens with one attached hydrogen (secondary N) is 6. The van der Waals surface area contributed by atoms with Crippen LogP contribution in [-0.2, 0) is 49.6 Å². The normalized spacial score (nSPS) is 15.6. The summed E-state index contributed by atoms with van der Waals surface area (Å²) < 4.78 is 0. The molecule has 0 heterocycles. The average Bonchev–Trinajstić information content (AvgIpc) is 3.20. The zero-order valence-electron chi connectivity index (χ0n) is 35.4. The Balaban J connectivity index is 2.51. The number of hydrogen-bond acceptors (Lipinski definition) is 11. The predicted octanol–water partition coefficient (Wildman–Crippen LogP) is -0.135. The number of amides is 6. The Bertz CT molecular complexity index is 1750. The van der Waals surface area contributed by atoms with Gasteiger partial charge in [0.25, 0.3) is 0 Å². The van der Waals surface area contributed by atoms with Crippen LogP contribution in [-0.4, -0.2) is 122 Å². The van der Waals surface area contributed by atoms with Crippen molar-refractivity contribution in [3.63, 3.8) is 0 Å². The highest BCUT2D eigenvalue weighted by Gasteiger charge is 2.38. The van der Waals surface area contributed by atoms with Crippen LogP contribution >= 0.6 is 0 Å². The smallest absolute Gasteiger partial charge is 0.475 e. The van der Waals surface area contributed by atoms with E-state index in [0.717, 1.165) is 24.8 Å². The molecule has 0 radical (unpaired) electrons. The molecule has 21 heteroatoms. The number of aryl methyl sites for hydroxylation is 1. The first-order valence-corrected chi connectivity index (χ1v) is 20.7. The number of carbonyl (C=O) groups excluding carboxylic acids is 6. The number of carboxylic acids is 3.